The van der Waals surface area contributed by atoms with Crippen molar-refractivity contribution >= 4 is 21.4 Å². The number of hydrogen-bond acceptors (Lipinski definition) is 4. The molecule has 1 unspecified atom stereocenters. The SMILES string of the molecule is COc1cccc2c1C(C(C)CC(=O)O)=CS2(=O)=O. The largest absolute Gasteiger partial charge is 0.496 e. The summed E-state index contributed by atoms with van der Waals surface area (Å²) in [5, 5.41) is 9.99. The highest BCUT2D eigenvalue weighted by molar-refractivity contribution is 7.95. The van der Waals surface area contributed by atoms with Gasteiger partial charge in [-0.1, -0.05) is 13.0 Å². The van der Waals surface area contributed by atoms with Crippen molar-refractivity contribution in [3.05, 3.63) is 29.2 Å². The smallest absolute Gasteiger partial charge is 0.303 e. The minimum atomic E-state index is -3.50. The molecule has 0 aromatic heterocycles. The molecule has 19 heavy (non-hydrogen) atoms. The van der Waals surface area contributed by atoms with Gasteiger partial charge in [0.25, 0.3) is 0 Å². The van der Waals surface area contributed by atoms with Gasteiger partial charge in [0.2, 0.25) is 9.84 Å². The van der Waals surface area contributed by atoms with Crippen LogP contribution >= 0.6 is 0 Å². The molecule has 0 aliphatic carbocycles. The first kappa shape index (κ1) is 13.6. The Hall–Kier alpha value is -1.82. The maximum Gasteiger partial charge on any atom is 0.303 e. The summed E-state index contributed by atoms with van der Waals surface area (Å²) >= 11 is 0. The van der Waals surface area contributed by atoms with Crippen molar-refractivity contribution in [1.29, 1.82) is 0 Å². The molecule has 1 aliphatic heterocycles. The average molecular weight is 282 g/mol. The van der Waals surface area contributed by atoms with Gasteiger partial charge in [0.1, 0.15) is 5.75 Å². The van der Waals surface area contributed by atoms with Crippen LogP contribution in [0.2, 0.25) is 0 Å². The van der Waals surface area contributed by atoms with Crippen molar-refractivity contribution in [2.75, 3.05) is 7.11 Å². The fourth-order valence-electron chi connectivity index (χ4n) is 2.23. The average Bonchev–Trinajstić information content (AvgIpc) is 2.61. The molecule has 1 N–H and O–H groups in total. The third kappa shape index (κ3) is 2.35. The minimum absolute atomic E-state index is 0.126. The Morgan fingerprint density at radius 2 is 2.11 bits per heavy atom. The highest BCUT2D eigenvalue weighted by atomic mass is 32.2. The van der Waals surface area contributed by atoms with Gasteiger partial charge in [0, 0.05) is 11.0 Å². The summed E-state index contributed by atoms with van der Waals surface area (Å²) in [4.78, 5) is 11.0. The summed E-state index contributed by atoms with van der Waals surface area (Å²) in [5.74, 6) is -0.916. The Morgan fingerprint density at radius 3 is 2.68 bits per heavy atom. The second kappa shape index (κ2) is 4.70. The molecule has 0 fully saturated rings. The first-order valence-corrected chi connectivity index (χ1v) is 7.27. The topological polar surface area (TPSA) is 80.7 Å². The van der Waals surface area contributed by atoms with E-state index in [9.17, 15) is 13.2 Å². The van der Waals surface area contributed by atoms with Crippen LogP contribution in [0.15, 0.2) is 28.5 Å². The predicted octanol–water partition coefficient (Wildman–Crippen LogP) is 1.93. The van der Waals surface area contributed by atoms with Crippen LogP contribution in [0, 0.1) is 5.92 Å². The van der Waals surface area contributed by atoms with Crippen molar-refractivity contribution in [3.63, 3.8) is 0 Å². The fraction of sp³-hybridized carbons (Fsp3) is 0.308. The van der Waals surface area contributed by atoms with Crippen molar-refractivity contribution in [3.8, 4) is 5.75 Å². The number of carboxylic acid groups (broad SMARTS) is 1. The van der Waals surface area contributed by atoms with E-state index in [4.69, 9.17) is 9.84 Å². The van der Waals surface area contributed by atoms with Crippen LogP contribution in [0.25, 0.3) is 5.57 Å². The van der Waals surface area contributed by atoms with Gasteiger partial charge >= 0.3 is 5.97 Å². The number of ether oxygens (including phenoxy) is 1. The second-order valence-electron chi connectivity index (χ2n) is 4.45. The molecule has 0 saturated heterocycles. The molecule has 1 aromatic carbocycles. The van der Waals surface area contributed by atoms with Crippen LogP contribution in [-0.2, 0) is 14.6 Å². The van der Waals surface area contributed by atoms with Gasteiger partial charge in [-0.25, -0.2) is 8.42 Å². The standard InChI is InChI=1S/C13H14O5S/c1-8(6-12(14)15)9-7-19(16,17)11-5-3-4-10(18-2)13(9)11/h3-5,7-8H,6H2,1-2H3,(H,14,15). The first-order chi connectivity index (χ1) is 8.86. The van der Waals surface area contributed by atoms with Gasteiger partial charge in [0.05, 0.1) is 18.4 Å². The molecule has 0 spiro atoms. The van der Waals surface area contributed by atoms with E-state index in [0.717, 1.165) is 5.41 Å². The monoisotopic (exact) mass is 282 g/mol. The highest BCUT2D eigenvalue weighted by Gasteiger charge is 2.32. The maximum atomic E-state index is 12.0. The van der Waals surface area contributed by atoms with Crippen LogP contribution in [0.3, 0.4) is 0 Å². The lowest BCUT2D eigenvalue weighted by atomic mass is 9.92. The van der Waals surface area contributed by atoms with Crippen molar-refractivity contribution in [1.82, 2.24) is 0 Å². The molecule has 0 radical (unpaired) electrons. The lowest BCUT2D eigenvalue weighted by Crippen LogP contribution is -2.06. The summed E-state index contributed by atoms with van der Waals surface area (Å²) < 4.78 is 29.3. The maximum absolute atomic E-state index is 12.0. The van der Waals surface area contributed by atoms with Crippen LogP contribution in [0.4, 0.5) is 0 Å². The van der Waals surface area contributed by atoms with Gasteiger partial charge < -0.3 is 9.84 Å². The zero-order chi connectivity index (χ0) is 14.2. The number of hydrogen-bond donors (Lipinski definition) is 1. The number of sulfone groups is 1. The molecule has 0 amide bonds. The van der Waals surface area contributed by atoms with E-state index in [1.165, 1.54) is 13.2 Å². The molecule has 1 aliphatic rings. The first-order valence-electron chi connectivity index (χ1n) is 5.72. The van der Waals surface area contributed by atoms with E-state index in [0.29, 0.717) is 16.9 Å². The number of allylic oxidation sites excluding steroid dienone is 1. The number of aliphatic carboxylic acids is 1. The van der Waals surface area contributed by atoms with Crippen molar-refractivity contribution < 1.29 is 23.1 Å². The van der Waals surface area contributed by atoms with Crippen molar-refractivity contribution in [2.24, 2.45) is 5.92 Å². The molecular formula is C13H14O5S. The normalized spacial score (nSPS) is 17.5. The molecule has 6 heteroatoms. The summed E-state index contributed by atoms with van der Waals surface area (Å²) in [7, 11) is -2.04. The molecular weight excluding hydrogens is 268 g/mol. The van der Waals surface area contributed by atoms with E-state index in [-0.39, 0.29) is 11.3 Å². The predicted molar refractivity (Wildman–Crippen MR) is 69.6 cm³/mol. The Kier molecular flexibility index (Phi) is 3.36. The third-order valence-corrected chi connectivity index (χ3v) is 4.61. The van der Waals surface area contributed by atoms with Crippen molar-refractivity contribution in [2.45, 2.75) is 18.2 Å². The lowest BCUT2D eigenvalue weighted by molar-refractivity contribution is -0.137. The number of methoxy groups -OCH3 is 1. The van der Waals surface area contributed by atoms with E-state index in [2.05, 4.69) is 0 Å². The van der Waals surface area contributed by atoms with E-state index < -0.39 is 21.7 Å². The van der Waals surface area contributed by atoms with E-state index in [1.807, 2.05) is 0 Å². The van der Waals surface area contributed by atoms with Gasteiger partial charge in [-0.3, -0.25) is 4.79 Å². The van der Waals surface area contributed by atoms with Gasteiger partial charge in [-0.15, -0.1) is 0 Å². The molecule has 0 bridgehead atoms. The molecule has 0 saturated carbocycles. The summed E-state index contributed by atoms with van der Waals surface area (Å²) in [6, 6.07) is 4.78. The summed E-state index contributed by atoms with van der Waals surface area (Å²) in [5.41, 5.74) is 0.980. The molecule has 1 heterocycles. The molecule has 5 nitrogen and oxygen atoms in total. The summed E-state index contributed by atoms with van der Waals surface area (Å²) in [6.45, 7) is 1.69. The lowest BCUT2D eigenvalue weighted by Gasteiger charge is -2.14. The van der Waals surface area contributed by atoms with E-state index >= 15 is 0 Å². The number of fused-ring (bicyclic) bond motifs is 1. The van der Waals surface area contributed by atoms with Crippen LogP contribution in [0.5, 0.6) is 5.75 Å². The number of carboxylic acids is 1. The minimum Gasteiger partial charge on any atom is -0.496 e. The molecule has 102 valence electrons. The quantitative estimate of drug-likeness (QED) is 0.912. The zero-order valence-corrected chi connectivity index (χ0v) is 11.4. The number of rotatable bonds is 4. The van der Waals surface area contributed by atoms with Crippen LogP contribution < -0.4 is 4.74 Å². The van der Waals surface area contributed by atoms with Gasteiger partial charge in [-0.05, 0) is 23.6 Å². The Labute approximate surface area is 111 Å². The van der Waals surface area contributed by atoms with E-state index in [1.54, 1.807) is 19.1 Å². The third-order valence-electron chi connectivity index (χ3n) is 3.10. The second-order valence-corrected chi connectivity index (χ2v) is 6.22. The summed E-state index contributed by atoms with van der Waals surface area (Å²) in [6.07, 6.45) is -0.126. The van der Waals surface area contributed by atoms with Gasteiger partial charge in [0.15, 0.2) is 0 Å². The molecule has 1 atom stereocenters. The highest BCUT2D eigenvalue weighted by Crippen LogP contribution is 2.43. The number of carbonyl (C=O) groups is 1. The fourth-order valence-corrected chi connectivity index (χ4v) is 3.81. The zero-order valence-electron chi connectivity index (χ0n) is 10.6. The van der Waals surface area contributed by atoms with Gasteiger partial charge in [-0.2, -0.15) is 0 Å². The van der Waals surface area contributed by atoms with Crippen LogP contribution in [0.1, 0.15) is 18.9 Å². The Morgan fingerprint density at radius 1 is 1.42 bits per heavy atom. The molecule has 1 aromatic rings. The Bertz CT molecular complexity index is 658. The number of benzene rings is 1. The van der Waals surface area contributed by atoms with Crippen LogP contribution in [-0.4, -0.2) is 26.6 Å². The molecule has 2 rings (SSSR count). The Balaban J connectivity index is 2.59.